The van der Waals surface area contributed by atoms with Crippen molar-refractivity contribution in [2.24, 2.45) is 0 Å². The minimum atomic E-state index is -1.20. The number of carboxylic acids is 1. The molecule has 0 unspecified atom stereocenters. The van der Waals surface area contributed by atoms with Gasteiger partial charge in [-0.05, 0) is 31.0 Å². The maximum Gasteiger partial charge on any atom is 0.329 e. The van der Waals surface area contributed by atoms with Gasteiger partial charge in [-0.3, -0.25) is 4.79 Å². The number of rotatable bonds is 5. The second-order valence-corrected chi connectivity index (χ2v) is 5.41. The Bertz CT molecular complexity index is 558. The number of carbonyl (C=O) groups excluding carboxylic acids is 1. The predicted octanol–water partition coefficient (Wildman–Crippen LogP) is 2.37. The fourth-order valence-corrected chi connectivity index (χ4v) is 2.63. The molecule has 0 radical (unpaired) electrons. The lowest BCUT2D eigenvalue weighted by atomic mass is 9.98. The molecule has 1 aromatic carbocycles. The fraction of sp³-hybridized carbons (Fsp3) is 0.429. The largest absolute Gasteiger partial charge is 0.482 e. The van der Waals surface area contributed by atoms with E-state index in [4.69, 9.17) is 16.3 Å². The minimum Gasteiger partial charge on any atom is -0.482 e. The Morgan fingerprint density at radius 1 is 1.38 bits per heavy atom. The minimum absolute atomic E-state index is 0.0524. The summed E-state index contributed by atoms with van der Waals surface area (Å²) in [6.45, 7) is -0.375. The van der Waals surface area contributed by atoms with E-state index in [0.29, 0.717) is 12.8 Å². The number of carboxylic acid groups (broad SMARTS) is 1. The van der Waals surface area contributed by atoms with Gasteiger partial charge >= 0.3 is 5.97 Å². The van der Waals surface area contributed by atoms with Crippen molar-refractivity contribution in [1.82, 2.24) is 5.32 Å². The molecule has 114 valence electrons. The van der Waals surface area contributed by atoms with E-state index in [1.165, 1.54) is 6.07 Å². The highest BCUT2D eigenvalue weighted by Crippen LogP contribution is 2.30. The van der Waals surface area contributed by atoms with Gasteiger partial charge in [-0.25, -0.2) is 9.18 Å². The molecule has 2 N–H and O–H groups in total. The normalized spacial score (nSPS) is 16.5. The number of aliphatic carboxylic acids is 1. The molecule has 21 heavy (non-hydrogen) atoms. The van der Waals surface area contributed by atoms with Crippen LogP contribution in [0.25, 0.3) is 0 Å². The molecule has 1 aromatic rings. The van der Waals surface area contributed by atoms with E-state index < -0.39 is 23.2 Å². The zero-order chi connectivity index (χ0) is 15.5. The summed E-state index contributed by atoms with van der Waals surface area (Å²) < 4.78 is 18.1. The van der Waals surface area contributed by atoms with Crippen LogP contribution in [-0.4, -0.2) is 29.1 Å². The summed E-state index contributed by atoms with van der Waals surface area (Å²) in [6, 6.07) is 3.55. The zero-order valence-corrected chi connectivity index (χ0v) is 12.0. The van der Waals surface area contributed by atoms with Crippen LogP contribution in [0.5, 0.6) is 5.75 Å². The molecule has 1 amide bonds. The van der Waals surface area contributed by atoms with E-state index in [0.717, 1.165) is 25.0 Å². The average Bonchev–Trinajstić information content (AvgIpc) is 2.87. The van der Waals surface area contributed by atoms with Gasteiger partial charge in [0.1, 0.15) is 17.1 Å². The average molecular weight is 316 g/mol. The highest BCUT2D eigenvalue weighted by molar-refractivity contribution is 6.32. The molecule has 1 saturated carbocycles. The van der Waals surface area contributed by atoms with Gasteiger partial charge in [0.25, 0.3) is 5.91 Å². The Morgan fingerprint density at radius 2 is 2.05 bits per heavy atom. The first kappa shape index (κ1) is 15.6. The number of hydrogen-bond acceptors (Lipinski definition) is 3. The quantitative estimate of drug-likeness (QED) is 0.874. The highest BCUT2D eigenvalue weighted by Gasteiger charge is 2.42. The number of benzene rings is 1. The van der Waals surface area contributed by atoms with Crippen molar-refractivity contribution < 1.29 is 23.8 Å². The Hall–Kier alpha value is -1.82. The number of carbonyl (C=O) groups is 2. The Kier molecular flexibility index (Phi) is 4.67. The van der Waals surface area contributed by atoms with Gasteiger partial charge in [-0.15, -0.1) is 0 Å². The van der Waals surface area contributed by atoms with E-state index in [9.17, 15) is 19.1 Å². The molecule has 0 aromatic heterocycles. The van der Waals surface area contributed by atoms with Crippen LogP contribution in [-0.2, 0) is 9.59 Å². The van der Waals surface area contributed by atoms with Gasteiger partial charge in [0.05, 0.1) is 5.02 Å². The van der Waals surface area contributed by atoms with E-state index in [1.54, 1.807) is 0 Å². The van der Waals surface area contributed by atoms with E-state index in [2.05, 4.69) is 5.32 Å². The molecule has 1 aliphatic carbocycles. The molecule has 7 heteroatoms. The number of halogens is 2. The maximum absolute atomic E-state index is 12.9. The highest BCUT2D eigenvalue weighted by atomic mass is 35.5. The molecule has 0 heterocycles. The van der Waals surface area contributed by atoms with Gasteiger partial charge in [0.2, 0.25) is 0 Å². The molecule has 0 spiro atoms. The molecule has 1 fully saturated rings. The van der Waals surface area contributed by atoms with E-state index >= 15 is 0 Å². The summed E-state index contributed by atoms with van der Waals surface area (Å²) in [4.78, 5) is 23.2. The Morgan fingerprint density at radius 3 is 2.62 bits per heavy atom. The van der Waals surface area contributed by atoms with Crippen molar-refractivity contribution in [2.45, 2.75) is 31.2 Å². The van der Waals surface area contributed by atoms with Crippen LogP contribution in [0.1, 0.15) is 25.7 Å². The van der Waals surface area contributed by atoms with Gasteiger partial charge in [0.15, 0.2) is 6.61 Å². The summed E-state index contributed by atoms with van der Waals surface area (Å²) >= 11 is 5.77. The third-order valence-electron chi connectivity index (χ3n) is 3.50. The van der Waals surface area contributed by atoms with Gasteiger partial charge < -0.3 is 15.2 Å². The molecule has 0 bridgehead atoms. The standard InChI is InChI=1S/C14H15ClFNO4/c15-10-7-9(16)3-4-11(10)21-8-12(18)17-14(13(19)20)5-1-2-6-14/h3-4,7H,1-2,5-6,8H2,(H,17,18)(H,19,20). The summed E-state index contributed by atoms with van der Waals surface area (Å²) in [7, 11) is 0. The predicted molar refractivity (Wildman–Crippen MR) is 73.9 cm³/mol. The fourth-order valence-electron chi connectivity index (χ4n) is 2.41. The zero-order valence-electron chi connectivity index (χ0n) is 11.2. The van der Waals surface area contributed by atoms with E-state index in [-0.39, 0.29) is 17.4 Å². The lowest BCUT2D eigenvalue weighted by Crippen LogP contribution is -2.53. The van der Waals surface area contributed by atoms with Gasteiger partial charge in [-0.1, -0.05) is 24.4 Å². The van der Waals surface area contributed by atoms with Crippen LogP contribution in [0.15, 0.2) is 18.2 Å². The maximum atomic E-state index is 12.9. The first-order chi connectivity index (χ1) is 9.93. The van der Waals surface area contributed by atoms with Crippen molar-refractivity contribution in [1.29, 1.82) is 0 Å². The summed E-state index contributed by atoms with van der Waals surface area (Å²) in [6.07, 6.45) is 2.34. The van der Waals surface area contributed by atoms with Crippen molar-refractivity contribution in [2.75, 3.05) is 6.61 Å². The van der Waals surface area contributed by atoms with Crippen molar-refractivity contribution in [3.8, 4) is 5.75 Å². The second-order valence-electron chi connectivity index (χ2n) is 5.01. The van der Waals surface area contributed by atoms with Crippen LogP contribution in [0.2, 0.25) is 5.02 Å². The number of nitrogens with one attached hydrogen (secondary N) is 1. The van der Waals surface area contributed by atoms with Gasteiger partial charge in [-0.2, -0.15) is 0 Å². The van der Waals surface area contributed by atoms with Crippen LogP contribution >= 0.6 is 11.6 Å². The Balaban J connectivity index is 1.94. The summed E-state index contributed by atoms with van der Waals surface area (Å²) in [5.74, 6) is -1.91. The lowest BCUT2D eigenvalue weighted by Gasteiger charge is -2.25. The molecule has 0 aliphatic heterocycles. The monoisotopic (exact) mass is 315 g/mol. The summed E-state index contributed by atoms with van der Waals surface area (Å²) in [5, 5.41) is 11.8. The number of hydrogen-bond donors (Lipinski definition) is 2. The van der Waals surface area contributed by atoms with Crippen molar-refractivity contribution in [3.63, 3.8) is 0 Å². The summed E-state index contributed by atoms with van der Waals surface area (Å²) in [5.41, 5.74) is -1.20. The first-order valence-electron chi connectivity index (χ1n) is 6.55. The SMILES string of the molecule is O=C(COc1ccc(F)cc1Cl)NC1(C(=O)O)CCCC1. The molecular formula is C14H15ClFNO4. The van der Waals surface area contributed by atoms with Gasteiger partial charge in [0, 0.05) is 0 Å². The van der Waals surface area contributed by atoms with Crippen LogP contribution < -0.4 is 10.1 Å². The smallest absolute Gasteiger partial charge is 0.329 e. The topological polar surface area (TPSA) is 75.6 Å². The van der Waals surface area contributed by atoms with Crippen LogP contribution in [0.3, 0.4) is 0 Å². The molecule has 0 atom stereocenters. The lowest BCUT2D eigenvalue weighted by molar-refractivity contribution is -0.147. The number of ether oxygens (including phenoxy) is 1. The van der Waals surface area contributed by atoms with Crippen molar-refractivity contribution in [3.05, 3.63) is 29.0 Å². The molecule has 2 rings (SSSR count). The molecule has 0 saturated heterocycles. The van der Waals surface area contributed by atoms with Crippen molar-refractivity contribution >= 4 is 23.5 Å². The molecule has 5 nitrogen and oxygen atoms in total. The first-order valence-corrected chi connectivity index (χ1v) is 6.93. The molecular weight excluding hydrogens is 301 g/mol. The number of amides is 1. The van der Waals surface area contributed by atoms with Crippen LogP contribution in [0.4, 0.5) is 4.39 Å². The third-order valence-corrected chi connectivity index (χ3v) is 3.79. The van der Waals surface area contributed by atoms with Crippen LogP contribution in [0, 0.1) is 5.82 Å². The Labute approximate surface area is 126 Å². The third kappa shape index (κ3) is 3.64. The second kappa shape index (κ2) is 6.30. The molecule has 1 aliphatic rings. The van der Waals surface area contributed by atoms with E-state index in [1.807, 2.05) is 0 Å².